The summed E-state index contributed by atoms with van der Waals surface area (Å²) in [4.78, 5) is 0. The van der Waals surface area contributed by atoms with Crippen molar-refractivity contribution >= 4 is 46.2 Å². The lowest BCUT2D eigenvalue weighted by Gasteiger charge is -2.58. The molecule has 0 amide bonds. The molecule has 0 radical (unpaired) electrons. The molecule has 1 saturated carbocycles. The minimum absolute atomic E-state index is 0.203. The molecule has 2 aliphatic heterocycles. The van der Waals surface area contributed by atoms with Gasteiger partial charge in [-0.05, 0) is 59.5 Å². The second-order valence-corrected chi connectivity index (χ2v) is 21.6. The number of aryl methyl sites for hydroxylation is 1. The maximum Gasteiger partial charge on any atom is 0.294 e. The fourth-order valence-electron chi connectivity index (χ4n) is 10.7. The third kappa shape index (κ3) is 3.95. The Labute approximate surface area is 311 Å². The molecule has 1 aliphatic carbocycles. The zero-order chi connectivity index (χ0) is 35.8. The molecule has 11 rings (SSSR count). The average Bonchev–Trinajstić information content (AvgIpc) is 3.72. The fourth-order valence-corrected chi connectivity index (χ4v) is 11.8. The van der Waals surface area contributed by atoms with Crippen LogP contribution in [0.3, 0.4) is 0 Å². The van der Waals surface area contributed by atoms with Gasteiger partial charge in [-0.1, -0.05) is 111 Å². The van der Waals surface area contributed by atoms with Gasteiger partial charge in [0.1, 0.15) is 16.7 Å². The van der Waals surface area contributed by atoms with Crippen LogP contribution in [0.1, 0.15) is 30.0 Å². The highest BCUT2D eigenvalue weighted by atomic mass is 28.3. The van der Waals surface area contributed by atoms with Crippen molar-refractivity contribution in [2.75, 3.05) is 0 Å². The van der Waals surface area contributed by atoms with Crippen molar-refractivity contribution in [2.24, 2.45) is 5.92 Å². The monoisotopic (exact) mass is 705 g/mol. The summed E-state index contributed by atoms with van der Waals surface area (Å²) >= 11 is 0. The highest BCUT2D eigenvalue weighted by molar-refractivity contribution is 6.88. The van der Waals surface area contributed by atoms with Crippen LogP contribution in [0.5, 0.6) is 0 Å². The Balaban J connectivity index is 1.20. The van der Waals surface area contributed by atoms with Gasteiger partial charge in [-0.15, -0.1) is 6.58 Å². The topological polar surface area (TPSA) is 25.8 Å². The summed E-state index contributed by atoms with van der Waals surface area (Å²) in [6.07, 6.45) is 5.70. The number of fused-ring (bicyclic) bond motifs is 17. The Morgan fingerprint density at radius 1 is 0.849 bits per heavy atom. The molecule has 4 unspecified atom stereocenters. The van der Waals surface area contributed by atoms with Crippen LogP contribution in [0.15, 0.2) is 145 Å². The van der Waals surface area contributed by atoms with E-state index in [0.717, 1.165) is 29.5 Å². The number of rotatable bonds is 4. The summed E-state index contributed by atoms with van der Waals surface area (Å²) < 4.78 is 15.0. The number of pyridine rings is 1. The van der Waals surface area contributed by atoms with Crippen molar-refractivity contribution < 1.29 is 13.6 Å². The minimum atomic E-state index is -1.56. The number of hydrogen-bond donors (Lipinski definition) is 0. The van der Waals surface area contributed by atoms with Gasteiger partial charge in [0.25, 0.3) is 5.82 Å². The highest BCUT2D eigenvalue weighted by Gasteiger charge is 2.74. The van der Waals surface area contributed by atoms with E-state index in [-0.39, 0.29) is 23.4 Å². The molecule has 53 heavy (non-hydrogen) atoms. The van der Waals surface area contributed by atoms with Crippen LogP contribution in [0, 0.1) is 5.92 Å². The van der Waals surface area contributed by atoms with Crippen LogP contribution in [0.2, 0.25) is 19.6 Å². The second kappa shape index (κ2) is 10.8. The number of imidazole rings is 1. The van der Waals surface area contributed by atoms with Gasteiger partial charge >= 0.3 is 0 Å². The Morgan fingerprint density at radius 3 is 2.43 bits per heavy atom. The van der Waals surface area contributed by atoms with E-state index in [1.54, 1.807) is 0 Å². The third-order valence-electron chi connectivity index (χ3n) is 13.0. The van der Waals surface area contributed by atoms with Crippen LogP contribution in [-0.4, -0.2) is 12.6 Å². The van der Waals surface area contributed by atoms with Crippen molar-refractivity contribution in [1.82, 2.24) is 4.57 Å². The normalized spacial score (nSPS) is 21.2. The molecule has 5 heterocycles. The fraction of sp³-hybridized carbons (Fsp3) is 0.208. The maximum atomic E-state index is 7.05. The maximum absolute atomic E-state index is 7.05. The number of para-hydroxylation sites is 2. The first-order valence-corrected chi connectivity index (χ1v) is 22.7. The van der Waals surface area contributed by atoms with Gasteiger partial charge in [0.05, 0.1) is 32.0 Å². The van der Waals surface area contributed by atoms with Crippen LogP contribution in [0.25, 0.3) is 66.7 Å². The van der Waals surface area contributed by atoms with Gasteiger partial charge in [0, 0.05) is 28.4 Å². The highest BCUT2D eigenvalue weighted by Crippen LogP contribution is 2.65. The Bertz CT molecular complexity index is 2840. The molecule has 5 aromatic carbocycles. The number of aromatic nitrogens is 3. The molecule has 0 bridgehead atoms. The van der Waals surface area contributed by atoms with Gasteiger partial charge in [-0.25, -0.2) is 9.13 Å². The van der Waals surface area contributed by atoms with Crippen molar-refractivity contribution in [2.45, 2.75) is 57.0 Å². The number of nitrogens with zero attached hydrogens (tertiary/aromatic N) is 3. The van der Waals surface area contributed by atoms with E-state index < -0.39 is 8.07 Å². The molecule has 3 aromatic heterocycles. The number of furan rings is 1. The Kier molecular flexibility index (Phi) is 6.31. The van der Waals surface area contributed by atoms with E-state index in [1.807, 2.05) is 0 Å². The molecule has 0 saturated heterocycles. The largest absolute Gasteiger partial charge is 0.455 e. The molecule has 1 spiro atoms. The molecule has 4 atom stereocenters. The van der Waals surface area contributed by atoms with Gasteiger partial charge < -0.3 is 4.42 Å². The summed E-state index contributed by atoms with van der Waals surface area (Å²) in [6, 6.07) is 45.4. The van der Waals surface area contributed by atoms with Crippen LogP contribution in [-0.2, 0) is 18.5 Å². The van der Waals surface area contributed by atoms with E-state index in [4.69, 9.17) is 4.42 Å². The predicted octanol–water partition coefficient (Wildman–Crippen LogP) is 10.1. The zero-order valence-electron chi connectivity index (χ0n) is 30.8. The molecule has 258 valence electrons. The third-order valence-corrected chi connectivity index (χ3v) is 15.0. The lowest BCUT2D eigenvalue weighted by atomic mass is 9.48. The molecule has 3 aliphatic rings. The zero-order valence-corrected chi connectivity index (χ0v) is 31.8. The smallest absolute Gasteiger partial charge is 0.294 e. The molecular formula is C48H43N3OSi+2. The first kappa shape index (κ1) is 31.0. The van der Waals surface area contributed by atoms with E-state index in [1.165, 1.54) is 66.5 Å². The number of benzene rings is 5. The molecule has 0 N–H and O–H groups in total. The lowest BCUT2D eigenvalue weighted by Crippen LogP contribution is -2.80. The van der Waals surface area contributed by atoms with Crippen LogP contribution < -0.4 is 14.3 Å². The van der Waals surface area contributed by atoms with Crippen molar-refractivity contribution in [3.63, 3.8) is 0 Å². The summed E-state index contributed by atoms with van der Waals surface area (Å²) in [5.74, 6) is 1.70. The minimum Gasteiger partial charge on any atom is -0.455 e. The molecular weight excluding hydrogens is 663 g/mol. The quantitative estimate of drug-likeness (QED) is 0.102. The summed E-state index contributed by atoms with van der Waals surface area (Å²) in [6.45, 7) is 15.1. The Morgan fingerprint density at radius 2 is 1.62 bits per heavy atom. The second-order valence-electron chi connectivity index (χ2n) is 16.5. The van der Waals surface area contributed by atoms with Crippen LogP contribution >= 0.6 is 0 Å². The number of hydrogen-bond acceptors (Lipinski definition) is 1. The standard InChI is InChI=1S/C48H43N3OSi/c1-6-38-45-44(36-18-12-11-17-34(36)39-26-23-33(29-50(39)45)53(3,4)5)48(38)28-32-22-25-37-35-24-21-31(30-15-9-8-10-16-30)27-42(35)52-46(37)43(32)47-49(7-2)40-19-13-14-20-41(40)51(47)48/h6,8-27,29,38,44-45H,1,7,28H2,2-5H3/q+2. The van der Waals surface area contributed by atoms with Crippen molar-refractivity contribution in [3.8, 4) is 33.8 Å². The van der Waals surface area contributed by atoms with Gasteiger partial charge in [0.2, 0.25) is 5.69 Å². The van der Waals surface area contributed by atoms with Gasteiger partial charge in [0.15, 0.2) is 28.9 Å². The average molecular weight is 706 g/mol. The molecule has 8 aromatic rings. The Hall–Kier alpha value is -5.52. The summed E-state index contributed by atoms with van der Waals surface area (Å²) in [7, 11) is -1.56. The first-order chi connectivity index (χ1) is 25.8. The summed E-state index contributed by atoms with van der Waals surface area (Å²) in [5, 5.41) is 3.83. The molecule has 1 fully saturated rings. The van der Waals surface area contributed by atoms with Gasteiger partial charge in [-0.3, -0.25) is 0 Å². The van der Waals surface area contributed by atoms with E-state index in [9.17, 15) is 0 Å². The lowest BCUT2D eigenvalue weighted by molar-refractivity contribution is -0.825. The summed E-state index contributed by atoms with van der Waals surface area (Å²) in [5.41, 5.74) is 13.3. The van der Waals surface area contributed by atoms with E-state index in [0.29, 0.717) is 0 Å². The predicted molar refractivity (Wildman–Crippen MR) is 218 cm³/mol. The van der Waals surface area contributed by atoms with Crippen molar-refractivity contribution in [3.05, 3.63) is 151 Å². The molecule has 4 nitrogen and oxygen atoms in total. The first-order valence-electron chi connectivity index (χ1n) is 19.2. The van der Waals surface area contributed by atoms with Gasteiger partial charge in [-0.2, -0.15) is 4.57 Å². The molecule has 5 heteroatoms. The SMILES string of the molecule is C=CC1C2C(c3ccccc3-c3ccc([Si](C)(C)C)c[n+]32)C12Cc1ccc3c(oc4cc(-c5ccccc5)ccc43)c1-c1n(CC)c3ccccc3[n+]12. The van der Waals surface area contributed by atoms with Crippen LogP contribution in [0.4, 0.5) is 0 Å². The van der Waals surface area contributed by atoms with E-state index in [2.05, 4.69) is 180 Å². The van der Waals surface area contributed by atoms with Crippen molar-refractivity contribution in [1.29, 1.82) is 0 Å². The van der Waals surface area contributed by atoms with E-state index >= 15 is 0 Å². The number of allylic oxidation sites excluding steroid dienone is 1.